The molecule has 0 radical (unpaired) electrons. The van der Waals surface area contributed by atoms with Gasteiger partial charge in [0.2, 0.25) is 0 Å². The summed E-state index contributed by atoms with van der Waals surface area (Å²) in [6.45, 7) is 3.42. The van der Waals surface area contributed by atoms with Crippen molar-refractivity contribution in [3.63, 3.8) is 0 Å². The highest BCUT2D eigenvalue weighted by molar-refractivity contribution is 7.85. The summed E-state index contributed by atoms with van der Waals surface area (Å²) in [5.41, 5.74) is 0. The van der Waals surface area contributed by atoms with E-state index in [2.05, 4.69) is 98.9 Å². The normalized spacial score (nSPS) is 20.8. The van der Waals surface area contributed by atoms with Crippen LogP contribution < -0.4 is 0 Å². The molecule has 0 aliphatic carbocycles. The molecule has 13 heteroatoms. The lowest BCUT2D eigenvalue weighted by molar-refractivity contribution is -0.297. The molecule has 1 heterocycles. The number of hydrogen-bond acceptors (Lipinski definition) is 11. The lowest BCUT2D eigenvalue weighted by Crippen LogP contribution is -2.60. The molecule has 0 saturated carbocycles. The van der Waals surface area contributed by atoms with Gasteiger partial charge >= 0.3 is 11.9 Å². The van der Waals surface area contributed by atoms with E-state index in [1.54, 1.807) is 0 Å². The first-order valence-corrected chi connectivity index (χ1v) is 24.7. The molecule has 0 aromatic carbocycles. The molecule has 12 nitrogen and oxygen atoms in total. The van der Waals surface area contributed by atoms with Gasteiger partial charge in [0.15, 0.2) is 12.4 Å². The van der Waals surface area contributed by atoms with Gasteiger partial charge in [-0.05, 0) is 83.5 Å². The Labute approximate surface area is 384 Å². The number of allylic oxidation sites excluding steroid dienone is 20. The van der Waals surface area contributed by atoms with Crippen LogP contribution in [0.15, 0.2) is 122 Å². The molecule has 6 atom stereocenters. The summed E-state index contributed by atoms with van der Waals surface area (Å²) < 4.78 is 54.0. The third-order valence-corrected chi connectivity index (χ3v) is 10.3. The first-order chi connectivity index (χ1) is 31.0. The molecule has 3 unspecified atom stereocenters. The van der Waals surface area contributed by atoms with Crippen molar-refractivity contribution < 1.29 is 56.8 Å². The molecule has 64 heavy (non-hydrogen) atoms. The third-order valence-electron chi connectivity index (χ3n) is 9.60. The number of unbranched alkanes of at least 4 members (excludes halogenated alkanes) is 6. The van der Waals surface area contributed by atoms with Gasteiger partial charge in [0.25, 0.3) is 10.1 Å². The Bertz CT molecular complexity index is 1640. The van der Waals surface area contributed by atoms with Crippen molar-refractivity contribution in [1.82, 2.24) is 0 Å². The molecule has 1 rings (SSSR count). The molecular weight excluding hydrogens is 837 g/mol. The zero-order valence-electron chi connectivity index (χ0n) is 38.3. The van der Waals surface area contributed by atoms with Crippen molar-refractivity contribution >= 4 is 22.1 Å². The number of carbonyl (C=O) groups excluding carboxylic acids is 2. The fourth-order valence-electron chi connectivity index (χ4n) is 6.08. The number of esters is 2. The second-order valence-electron chi connectivity index (χ2n) is 15.4. The van der Waals surface area contributed by atoms with Gasteiger partial charge in [-0.15, -0.1) is 0 Å². The van der Waals surface area contributed by atoms with Crippen LogP contribution in [-0.4, -0.2) is 96.0 Å². The minimum atomic E-state index is -4.62. The Kier molecular flexibility index (Phi) is 35.8. The van der Waals surface area contributed by atoms with E-state index in [4.69, 9.17) is 18.9 Å². The summed E-state index contributed by atoms with van der Waals surface area (Å²) in [5.74, 6) is -2.11. The lowest BCUT2D eigenvalue weighted by Gasteiger charge is -2.40. The van der Waals surface area contributed by atoms with Crippen molar-refractivity contribution in [3.8, 4) is 0 Å². The zero-order chi connectivity index (χ0) is 46.9. The quantitative estimate of drug-likeness (QED) is 0.0154. The van der Waals surface area contributed by atoms with Crippen LogP contribution in [-0.2, 0) is 38.7 Å². The van der Waals surface area contributed by atoms with E-state index in [1.807, 2.05) is 36.5 Å². The van der Waals surface area contributed by atoms with Crippen molar-refractivity contribution in [2.45, 2.75) is 166 Å². The first-order valence-electron chi connectivity index (χ1n) is 23.1. The Morgan fingerprint density at radius 1 is 0.547 bits per heavy atom. The smallest absolute Gasteiger partial charge is 0.306 e. The minimum absolute atomic E-state index is 0.120. The lowest BCUT2D eigenvalue weighted by atomic mass is 10.00. The van der Waals surface area contributed by atoms with Gasteiger partial charge in [0.05, 0.1) is 6.61 Å². The first kappa shape index (κ1) is 58.1. The Balaban J connectivity index is 2.47. The van der Waals surface area contributed by atoms with E-state index in [9.17, 15) is 37.9 Å². The van der Waals surface area contributed by atoms with E-state index in [0.29, 0.717) is 19.3 Å². The molecule has 0 bridgehead atoms. The van der Waals surface area contributed by atoms with Gasteiger partial charge in [-0.25, -0.2) is 0 Å². The van der Waals surface area contributed by atoms with E-state index in [-0.39, 0.29) is 19.4 Å². The molecule has 1 fully saturated rings. The van der Waals surface area contributed by atoms with Crippen molar-refractivity contribution in [2.24, 2.45) is 0 Å². The maximum atomic E-state index is 12.8. The number of rotatable bonds is 36. The highest BCUT2D eigenvalue weighted by Gasteiger charge is 2.46. The Morgan fingerprint density at radius 2 is 1.03 bits per heavy atom. The summed E-state index contributed by atoms with van der Waals surface area (Å²) in [4.78, 5) is 25.4. The number of hydrogen-bond donors (Lipinski definition) is 4. The topological polar surface area (TPSA) is 186 Å². The molecule has 4 N–H and O–H groups in total. The molecule has 0 spiro atoms. The minimum Gasteiger partial charge on any atom is -0.462 e. The van der Waals surface area contributed by atoms with Gasteiger partial charge in [-0.2, -0.15) is 8.42 Å². The SMILES string of the molecule is CC/C=C/C=C/C=C/CCCCCCCC(=O)OC(COC(=O)CCC/C=C/C/C=C/C/C=C/C/C=C/C/C=C/C/C=C/C/C=C/CC)CO[C@H]1O[C@H](CS(=O)(=O)O)[C@@H](O)C(O)C1O. The van der Waals surface area contributed by atoms with Crippen LogP contribution in [0, 0.1) is 0 Å². The molecule has 0 aromatic heterocycles. The number of ether oxygens (including phenoxy) is 4. The van der Waals surface area contributed by atoms with Crippen LogP contribution in [0.2, 0.25) is 0 Å². The summed E-state index contributed by atoms with van der Waals surface area (Å²) >= 11 is 0. The molecule has 0 amide bonds. The third kappa shape index (κ3) is 33.5. The summed E-state index contributed by atoms with van der Waals surface area (Å²) in [7, 11) is -4.62. The van der Waals surface area contributed by atoms with Gasteiger partial charge in [-0.3, -0.25) is 14.1 Å². The predicted molar refractivity (Wildman–Crippen MR) is 256 cm³/mol. The van der Waals surface area contributed by atoms with Crippen LogP contribution in [0.1, 0.15) is 129 Å². The van der Waals surface area contributed by atoms with Crippen LogP contribution in [0.4, 0.5) is 0 Å². The maximum Gasteiger partial charge on any atom is 0.306 e. The largest absolute Gasteiger partial charge is 0.462 e. The van der Waals surface area contributed by atoms with Crippen molar-refractivity contribution in [2.75, 3.05) is 19.0 Å². The van der Waals surface area contributed by atoms with E-state index in [1.165, 1.54) is 0 Å². The summed E-state index contributed by atoms with van der Waals surface area (Å²) in [6, 6.07) is 0. The molecule has 360 valence electrons. The van der Waals surface area contributed by atoms with Crippen LogP contribution in [0.3, 0.4) is 0 Å². The fourth-order valence-corrected chi connectivity index (χ4v) is 6.77. The van der Waals surface area contributed by atoms with Crippen LogP contribution in [0.25, 0.3) is 0 Å². The van der Waals surface area contributed by atoms with Gasteiger partial charge in [0, 0.05) is 12.8 Å². The monoisotopic (exact) mass is 915 g/mol. The highest BCUT2D eigenvalue weighted by Crippen LogP contribution is 2.24. The summed E-state index contributed by atoms with van der Waals surface area (Å²) in [6.07, 6.45) is 46.8. The van der Waals surface area contributed by atoms with Gasteiger partial charge in [-0.1, -0.05) is 155 Å². The van der Waals surface area contributed by atoms with Crippen LogP contribution in [0.5, 0.6) is 0 Å². The summed E-state index contributed by atoms with van der Waals surface area (Å²) in [5, 5.41) is 30.9. The van der Waals surface area contributed by atoms with E-state index >= 15 is 0 Å². The Hall–Kier alpha value is -3.95. The molecule has 1 aliphatic rings. The number of aliphatic hydroxyl groups is 3. The van der Waals surface area contributed by atoms with Crippen LogP contribution >= 0.6 is 0 Å². The number of carbonyl (C=O) groups is 2. The van der Waals surface area contributed by atoms with Gasteiger partial charge in [0.1, 0.15) is 36.8 Å². The molecule has 1 aliphatic heterocycles. The second-order valence-corrected chi connectivity index (χ2v) is 16.9. The number of aliphatic hydroxyl groups excluding tert-OH is 3. The van der Waals surface area contributed by atoms with Gasteiger partial charge < -0.3 is 34.3 Å². The second kappa shape index (κ2) is 39.4. The molecular formula is C51H78O12S. The zero-order valence-corrected chi connectivity index (χ0v) is 39.1. The van der Waals surface area contributed by atoms with E-state index in [0.717, 1.165) is 83.5 Å². The standard InChI is InChI=1S/C51H78O12S/c1-3-5-7-9-11-13-15-17-18-19-20-21-22-23-24-25-26-28-29-31-33-35-37-39-46(52)60-41-44(42-61-51-50(56)49(55)48(54)45(63-51)43-64(57,58)59)62-47(53)40-38-36-34-32-30-27-16-14-12-10-8-6-4-2/h5-8,10-14,16-18,20-21,23-24,26,28,31,33,44-45,48-51,54-56H,3-4,9,15,19,22,25,27,29-30,32,34-43H2,1-2H3,(H,57,58,59)/b7-5+,8-6+,12-10+,13-11+,16-14+,18-17+,21-20+,24-23+,28-26+,33-31+/t44?,45-,48-,49?,50?,51+/m1/s1. The molecule has 0 aromatic rings. The van der Waals surface area contributed by atoms with Crippen molar-refractivity contribution in [1.29, 1.82) is 0 Å². The highest BCUT2D eigenvalue weighted by atomic mass is 32.2. The average Bonchev–Trinajstić information content (AvgIpc) is 3.26. The fraction of sp³-hybridized carbons (Fsp3) is 0.569. The van der Waals surface area contributed by atoms with Crippen molar-refractivity contribution in [3.05, 3.63) is 122 Å². The maximum absolute atomic E-state index is 12.8. The predicted octanol–water partition coefficient (Wildman–Crippen LogP) is 9.78. The molecule has 1 saturated heterocycles. The van der Waals surface area contributed by atoms with E-state index < -0.39 is 71.2 Å². The average molecular weight is 915 g/mol. The Morgan fingerprint density at radius 3 is 1.59 bits per heavy atom.